The Morgan fingerprint density at radius 2 is 1.85 bits per heavy atom. The summed E-state index contributed by atoms with van der Waals surface area (Å²) < 4.78 is 41.6. The van der Waals surface area contributed by atoms with E-state index in [-0.39, 0.29) is 17.4 Å². The van der Waals surface area contributed by atoms with E-state index in [4.69, 9.17) is 0 Å². The third kappa shape index (κ3) is 6.14. The summed E-state index contributed by atoms with van der Waals surface area (Å²) in [5, 5.41) is 7.60. The van der Waals surface area contributed by atoms with Gasteiger partial charge in [0, 0.05) is 52.5 Å². The van der Waals surface area contributed by atoms with Gasteiger partial charge in [0.05, 0.1) is 10.2 Å². The van der Waals surface area contributed by atoms with Crippen LogP contribution in [0.15, 0.2) is 28.9 Å². The Morgan fingerprint density at radius 1 is 1.15 bits per heavy atom. The number of carbonyl (C=O) groups excluding carboxylic acids is 2. The Hall–Kier alpha value is -2.93. The lowest BCUT2D eigenvalue weighted by Crippen LogP contribution is -2.46. The highest BCUT2D eigenvalue weighted by molar-refractivity contribution is 9.10. The molecule has 13 heteroatoms. The number of urea groups is 1. The summed E-state index contributed by atoms with van der Waals surface area (Å²) in [6.07, 6.45) is -3.10. The molecule has 0 spiro atoms. The van der Waals surface area contributed by atoms with Crippen LogP contribution in [0, 0.1) is 0 Å². The van der Waals surface area contributed by atoms with Crippen LogP contribution in [0.1, 0.15) is 28.7 Å². The smallest absolute Gasteiger partial charge is 0.367 e. The molecule has 3 amide bonds. The Morgan fingerprint density at radius 3 is 2.47 bits per heavy atom. The van der Waals surface area contributed by atoms with E-state index in [2.05, 4.69) is 46.7 Å². The van der Waals surface area contributed by atoms with Gasteiger partial charge in [0.2, 0.25) is 0 Å². The standard InChI is InChI=1S/C21H25BrF3N7O2/c1-3-27-20(34)30-18-16(22)13(6-7-28-18)12-31-8-10-32(11-9-31)15-5-4-14(19(33)26-2)29-17(15)21(23,24)25/h4-7H,3,8-12H2,1-2H3,(H,26,33)(H2,27,28,30,34). The summed E-state index contributed by atoms with van der Waals surface area (Å²) in [6, 6.07) is 4.06. The first-order valence-electron chi connectivity index (χ1n) is 10.6. The van der Waals surface area contributed by atoms with Gasteiger partial charge in [-0.15, -0.1) is 0 Å². The molecule has 0 aliphatic carbocycles. The molecule has 0 saturated carbocycles. The molecule has 34 heavy (non-hydrogen) atoms. The number of hydrogen-bond donors (Lipinski definition) is 3. The molecule has 3 heterocycles. The van der Waals surface area contributed by atoms with Crippen molar-refractivity contribution in [3.8, 4) is 0 Å². The zero-order valence-electron chi connectivity index (χ0n) is 18.7. The Labute approximate surface area is 203 Å². The lowest BCUT2D eigenvalue weighted by atomic mass is 10.1. The largest absolute Gasteiger partial charge is 0.435 e. The molecule has 1 fully saturated rings. The van der Waals surface area contributed by atoms with Crippen molar-refractivity contribution in [3.05, 3.63) is 45.8 Å². The van der Waals surface area contributed by atoms with Crippen LogP contribution in [0.4, 0.5) is 29.5 Å². The number of alkyl halides is 3. The molecule has 0 radical (unpaired) electrons. The van der Waals surface area contributed by atoms with Crippen molar-refractivity contribution >= 4 is 39.4 Å². The second-order valence-corrected chi connectivity index (χ2v) is 8.31. The lowest BCUT2D eigenvalue weighted by molar-refractivity contribution is -0.140. The van der Waals surface area contributed by atoms with Gasteiger partial charge < -0.3 is 15.5 Å². The number of halogens is 4. The van der Waals surface area contributed by atoms with Gasteiger partial charge in [0.15, 0.2) is 5.69 Å². The first-order valence-corrected chi connectivity index (χ1v) is 11.4. The SMILES string of the molecule is CCNC(=O)Nc1nccc(CN2CCN(c3ccc(C(=O)NC)nc3C(F)(F)F)CC2)c1Br. The topological polar surface area (TPSA) is 102 Å². The minimum Gasteiger partial charge on any atom is -0.367 e. The van der Waals surface area contributed by atoms with E-state index >= 15 is 0 Å². The number of aromatic nitrogens is 2. The van der Waals surface area contributed by atoms with Crippen molar-refractivity contribution in [2.45, 2.75) is 19.6 Å². The number of nitrogens with zero attached hydrogens (tertiary/aromatic N) is 4. The van der Waals surface area contributed by atoms with Gasteiger partial charge in [-0.2, -0.15) is 13.2 Å². The van der Waals surface area contributed by atoms with E-state index in [1.807, 2.05) is 13.0 Å². The third-order valence-corrected chi connectivity index (χ3v) is 6.13. The van der Waals surface area contributed by atoms with E-state index in [0.717, 1.165) is 5.56 Å². The van der Waals surface area contributed by atoms with Crippen LogP contribution in [0.3, 0.4) is 0 Å². The fourth-order valence-electron chi connectivity index (χ4n) is 3.56. The number of nitrogens with one attached hydrogen (secondary N) is 3. The highest BCUT2D eigenvalue weighted by Crippen LogP contribution is 2.36. The molecular weight excluding hydrogens is 519 g/mol. The van der Waals surface area contributed by atoms with Gasteiger partial charge in [-0.25, -0.2) is 14.8 Å². The third-order valence-electron chi connectivity index (χ3n) is 5.25. The predicted molar refractivity (Wildman–Crippen MR) is 125 cm³/mol. The highest BCUT2D eigenvalue weighted by atomic mass is 79.9. The molecule has 1 aliphatic heterocycles. The Balaban J connectivity index is 1.70. The summed E-state index contributed by atoms with van der Waals surface area (Å²) >= 11 is 3.48. The molecule has 0 bridgehead atoms. The van der Waals surface area contributed by atoms with E-state index < -0.39 is 17.8 Å². The lowest BCUT2D eigenvalue weighted by Gasteiger charge is -2.37. The molecule has 1 aliphatic rings. The molecule has 0 unspecified atom stereocenters. The van der Waals surface area contributed by atoms with Crippen molar-refractivity contribution < 1.29 is 22.8 Å². The summed E-state index contributed by atoms with van der Waals surface area (Å²) in [7, 11) is 1.34. The number of pyridine rings is 2. The molecule has 1 saturated heterocycles. The maximum Gasteiger partial charge on any atom is 0.435 e. The van der Waals surface area contributed by atoms with Crippen LogP contribution >= 0.6 is 15.9 Å². The minimum atomic E-state index is -4.69. The monoisotopic (exact) mass is 543 g/mol. The molecular formula is C21H25BrF3N7O2. The van der Waals surface area contributed by atoms with Crippen molar-refractivity contribution in [1.29, 1.82) is 0 Å². The second kappa shape index (κ2) is 11.0. The number of rotatable bonds is 6. The van der Waals surface area contributed by atoms with Crippen LogP contribution in [0.2, 0.25) is 0 Å². The fraction of sp³-hybridized carbons (Fsp3) is 0.429. The zero-order chi connectivity index (χ0) is 24.9. The first kappa shape index (κ1) is 25.7. The number of hydrogen-bond acceptors (Lipinski definition) is 6. The average Bonchev–Trinajstić information content (AvgIpc) is 2.81. The quantitative estimate of drug-likeness (QED) is 0.517. The van der Waals surface area contributed by atoms with E-state index in [1.54, 1.807) is 11.1 Å². The van der Waals surface area contributed by atoms with Crippen molar-refractivity contribution in [2.24, 2.45) is 0 Å². The second-order valence-electron chi connectivity index (χ2n) is 7.52. The maximum atomic E-state index is 13.7. The Bertz CT molecular complexity index is 1040. The summed E-state index contributed by atoms with van der Waals surface area (Å²) in [5.41, 5.74) is -0.502. The maximum absolute atomic E-state index is 13.7. The molecule has 2 aromatic heterocycles. The van der Waals surface area contributed by atoms with E-state index in [0.29, 0.717) is 49.6 Å². The van der Waals surface area contributed by atoms with Crippen LogP contribution in [-0.2, 0) is 12.7 Å². The summed E-state index contributed by atoms with van der Waals surface area (Å²) in [6.45, 7) is 4.56. The first-order chi connectivity index (χ1) is 16.1. The number of piperazine rings is 1. The van der Waals surface area contributed by atoms with E-state index in [1.165, 1.54) is 19.2 Å². The van der Waals surface area contributed by atoms with Gasteiger partial charge in [0.25, 0.3) is 5.91 Å². The van der Waals surface area contributed by atoms with Gasteiger partial charge >= 0.3 is 12.2 Å². The molecule has 3 rings (SSSR count). The van der Waals surface area contributed by atoms with Crippen molar-refractivity contribution in [1.82, 2.24) is 25.5 Å². The van der Waals surface area contributed by atoms with Crippen LogP contribution in [0.5, 0.6) is 0 Å². The van der Waals surface area contributed by atoms with Gasteiger partial charge in [-0.05, 0) is 46.6 Å². The fourth-order valence-corrected chi connectivity index (χ4v) is 4.02. The van der Waals surface area contributed by atoms with Crippen molar-refractivity contribution in [3.63, 3.8) is 0 Å². The van der Waals surface area contributed by atoms with Gasteiger partial charge in [-0.3, -0.25) is 15.0 Å². The number of amides is 3. The highest BCUT2D eigenvalue weighted by Gasteiger charge is 2.38. The zero-order valence-corrected chi connectivity index (χ0v) is 20.3. The molecule has 184 valence electrons. The van der Waals surface area contributed by atoms with Crippen molar-refractivity contribution in [2.75, 3.05) is 50.0 Å². The molecule has 2 aromatic rings. The van der Waals surface area contributed by atoms with Gasteiger partial charge in [-0.1, -0.05) is 0 Å². The normalized spacial score (nSPS) is 14.6. The van der Waals surface area contributed by atoms with Crippen LogP contribution in [0.25, 0.3) is 0 Å². The number of anilines is 2. The van der Waals surface area contributed by atoms with Gasteiger partial charge in [0.1, 0.15) is 11.5 Å². The van der Waals surface area contributed by atoms with Crippen LogP contribution < -0.4 is 20.9 Å². The van der Waals surface area contributed by atoms with Crippen LogP contribution in [-0.4, -0.2) is 66.6 Å². The predicted octanol–water partition coefficient (Wildman–Crippen LogP) is 3.08. The Kier molecular flexibility index (Phi) is 8.31. The molecule has 9 nitrogen and oxygen atoms in total. The van der Waals surface area contributed by atoms with E-state index in [9.17, 15) is 22.8 Å². The minimum absolute atomic E-state index is 0.0432. The summed E-state index contributed by atoms with van der Waals surface area (Å²) in [5.74, 6) is -0.287. The molecule has 3 N–H and O–H groups in total. The molecule has 0 aromatic carbocycles. The number of carbonyl (C=O) groups is 2. The average molecular weight is 544 g/mol. The summed E-state index contributed by atoms with van der Waals surface area (Å²) in [4.78, 5) is 35.0. The molecule has 0 atom stereocenters.